The molecule has 0 spiro atoms. The molecular weight excluding hydrogens is 232 g/mol. The number of rotatable bonds is 6. The molecule has 0 amide bonds. The second-order valence-electron chi connectivity index (χ2n) is 6.10. The molecule has 1 aliphatic carbocycles. The van der Waals surface area contributed by atoms with Crippen LogP contribution in [-0.4, -0.2) is 24.0 Å². The van der Waals surface area contributed by atoms with Gasteiger partial charge in [-0.05, 0) is 44.7 Å². The largest absolute Gasteiger partial charge is 0.326 e. The molecule has 0 heterocycles. The number of aryl methyl sites for hydroxylation is 1. The first-order valence-corrected chi connectivity index (χ1v) is 7.68. The first-order chi connectivity index (χ1) is 9.11. The molecule has 1 fully saturated rings. The van der Waals surface area contributed by atoms with Crippen molar-refractivity contribution in [3.8, 4) is 0 Å². The molecule has 2 N–H and O–H groups in total. The average Bonchev–Trinajstić information content (AvgIpc) is 2.31. The zero-order valence-corrected chi connectivity index (χ0v) is 12.6. The van der Waals surface area contributed by atoms with Crippen LogP contribution in [0.2, 0.25) is 0 Å². The summed E-state index contributed by atoms with van der Waals surface area (Å²) in [5, 5.41) is 0. The van der Waals surface area contributed by atoms with Gasteiger partial charge in [-0.15, -0.1) is 0 Å². The van der Waals surface area contributed by atoms with Crippen LogP contribution in [0.3, 0.4) is 0 Å². The van der Waals surface area contributed by atoms with E-state index in [0.717, 1.165) is 12.5 Å². The summed E-state index contributed by atoms with van der Waals surface area (Å²) in [6, 6.07) is 9.34. The van der Waals surface area contributed by atoms with Crippen LogP contribution in [0.15, 0.2) is 24.3 Å². The summed E-state index contributed by atoms with van der Waals surface area (Å²) in [6.07, 6.45) is 4.21. The van der Waals surface area contributed by atoms with Crippen LogP contribution in [-0.2, 0) is 0 Å². The van der Waals surface area contributed by atoms with E-state index in [2.05, 4.69) is 49.9 Å². The van der Waals surface area contributed by atoms with Gasteiger partial charge in [-0.3, -0.25) is 4.90 Å². The lowest BCUT2D eigenvalue weighted by molar-refractivity contribution is 0.125. The number of hydrogen-bond donors (Lipinski definition) is 1. The first-order valence-electron chi connectivity index (χ1n) is 7.68. The number of benzene rings is 1. The maximum Gasteiger partial charge on any atom is 0.0496 e. The van der Waals surface area contributed by atoms with Crippen LogP contribution < -0.4 is 5.73 Å². The smallest absolute Gasteiger partial charge is 0.0496 e. The number of nitrogens with zero attached hydrogens (tertiary/aromatic N) is 1. The van der Waals surface area contributed by atoms with E-state index in [1.165, 1.54) is 36.9 Å². The minimum Gasteiger partial charge on any atom is -0.326 e. The minimum absolute atomic E-state index is 0.168. The van der Waals surface area contributed by atoms with Crippen molar-refractivity contribution in [1.29, 1.82) is 0 Å². The normalized spacial score (nSPS) is 19.2. The van der Waals surface area contributed by atoms with E-state index >= 15 is 0 Å². The molecule has 106 valence electrons. The van der Waals surface area contributed by atoms with Gasteiger partial charge in [-0.25, -0.2) is 0 Å². The van der Waals surface area contributed by atoms with Gasteiger partial charge in [0.2, 0.25) is 0 Å². The quantitative estimate of drug-likeness (QED) is 0.848. The summed E-state index contributed by atoms with van der Waals surface area (Å²) in [5.41, 5.74) is 8.98. The summed E-state index contributed by atoms with van der Waals surface area (Å²) in [7, 11) is 0. The molecule has 1 aromatic carbocycles. The fraction of sp³-hybridized carbons (Fsp3) is 0.647. The Bertz CT molecular complexity index is 396. The maximum absolute atomic E-state index is 6.29. The Morgan fingerprint density at radius 3 is 2.58 bits per heavy atom. The lowest BCUT2D eigenvalue weighted by atomic mass is 9.84. The number of hydrogen-bond acceptors (Lipinski definition) is 2. The number of likely N-dealkylation sites (N-methyl/N-ethyl adjacent to an activating group) is 1. The number of nitrogens with two attached hydrogens (primary N) is 1. The molecule has 1 saturated carbocycles. The van der Waals surface area contributed by atoms with Crippen molar-refractivity contribution in [1.82, 2.24) is 4.90 Å². The summed E-state index contributed by atoms with van der Waals surface area (Å²) in [5.74, 6) is 0.894. The van der Waals surface area contributed by atoms with Crippen molar-refractivity contribution < 1.29 is 0 Å². The highest BCUT2D eigenvalue weighted by molar-refractivity contribution is 5.26. The Hall–Kier alpha value is -0.860. The maximum atomic E-state index is 6.29. The van der Waals surface area contributed by atoms with Crippen molar-refractivity contribution in [2.45, 2.75) is 52.1 Å². The van der Waals surface area contributed by atoms with E-state index in [-0.39, 0.29) is 6.04 Å². The summed E-state index contributed by atoms with van der Waals surface area (Å²) in [4.78, 5) is 2.57. The minimum atomic E-state index is 0.168. The molecule has 2 unspecified atom stereocenters. The topological polar surface area (TPSA) is 29.3 Å². The van der Waals surface area contributed by atoms with Crippen molar-refractivity contribution in [2.24, 2.45) is 11.7 Å². The Morgan fingerprint density at radius 1 is 1.37 bits per heavy atom. The Labute approximate surface area is 118 Å². The van der Waals surface area contributed by atoms with Crippen LogP contribution >= 0.6 is 0 Å². The van der Waals surface area contributed by atoms with E-state index in [0.29, 0.717) is 6.04 Å². The van der Waals surface area contributed by atoms with Gasteiger partial charge in [0, 0.05) is 18.6 Å². The average molecular weight is 260 g/mol. The van der Waals surface area contributed by atoms with Gasteiger partial charge in [-0.1, -0.05) is 43.2 Å². The Morgan fingerprint density at radius 2 is 2.11 bits per heavy atom. The van der Waals surface area contributed by atoms with Gasteiger partial charge in [0.05, 0.1) is 0 Å². The van der Waals surface area contributed by atoms with Crippen LogP contribution in [0, 0.1) is 12.8 Å². The zero-order valence-electron chi connectivity index (χ0n) is 12.6. The fourth-order valence-corrected chi connectivity index (χ4v) is 3.15. The van der Waals surface area contributed by atoms with Gasteiger partial charge >= 0.3 is 0 Å². The highest BCUT2D eigenvalue weighted by Gasteiger charge is 2.27. The molecule has 2 atom stereocenters. The predicted molar refractivity (Wildman–Crippen MR) is 82.2 cm³/mol. The standard InChI is InChI=1S/C17H28N2/c1-4-19(12-15-8-6-9-15)17(14(3)18)16-10-5-7-13(2)11-16/h5,7,10-11,14-15,17H,4,6,8-9,12,18H2,1-3H3. The van der Waals surface area contributed by atoms with E-state index in [4.69, 9.17) is 5.73 Å². The highest BCUT2D eigenvalue weighted by Crippen LogP contribution is 2.31. The molecule has 0 saturated heterocycles. The predicted octanol–water partition coefficient (Wildman–Crippen LogP) is 3.51. The molecule has 2 nitrogen and oxygen atoms in total. The van der Waals surface area contributed by atoms with E-state index in [9.17, 15) is 0 Å². The Kier molecular flexibility index (Phi) is 5.00. The summed E-state index contributed by atoms with van der Waals surface area (Å²) >= 11 is 0. The second kappa shape index (κ2) is 6.53. The van der Waals surface area contributed by atoms with E-state index < -0.39 is 0 Å². The monoisotopic (exact) mass is 260 g/mol. The molecule has 1 aromatic rings. The van der Waals surface area contributed by atoms with Crippen molar-refractivity contribution in [3.05, 3.63) is 35.4 Å². The summed E-state index contributed by atoms with van der Waals surface area (Å²) < 4.78 is 0. The first kappa shape index (κ1) is 14.5. The molecule has 19 heavy (non-hydrogen) atoms. The lowest BCUT2D eigenvalue weighted by Gasteiger charge is -2.38. The van der Waals surface area contributed by atoms with Crippen LogP contribution in [0.25, 0.3) is 0 Å². The van der Waals surface area contributed by atoms with E-state index in [1.807, 2.05) is 0 Å². The molecule has 0 aromatic heterocycles. The van der Waals surface area contributed by atoms with Crippen molar-refractivity contribution in [2.75, 3.05) is 13.1 Å². The van der Waals surface area contributed by atoms with Crippen LogP contribution in [0.1, 0.15) is 50.3 Å². The third-order valence-corrected chi connectivity index (χ3v) is 4.40. The molecule has 0 aliphatic heterocycles. The summed E-state index contributed by atoms with van der Waals surface area (Å²) in [6.45, 7) is 8.83. The molecular formula is C17H28N2. The molecule has 1 aliphatic rings. The highest BCUT2D eigenvalue weighted by atomic mass is 15.2. The van der Waals surface area contributed by atoms with Gasteiger partial charge < -0.3 is 5.73 Å². The van der Waals surface area contributed by atoms with Gasteiger partial charge in [0.25, 0.3) is 0 Å². The third-order valence-electron chi connectivity index (χ3n) is 4.40. The van der Waals surface area contributed by atoms with Gasteiger partial charge in [0.1, 0.15) is 0 Å². The van der Waals surface area contributed by atoms with Crippen molar-refractivity contribution >= 4 is 0 Å². The van der Waals surface area contributed by atoms with E-state index in [1.54, 1.807) is 0 Å². The Balaban J connectivity index is 2.16. The zero-order chi connectivity index (χ0) is 13.8. The molecule has 0 radical (unpaired) electrons. The molecule has 2 heteroatoms. The second-order valence-corrected chi connectivity index (χ2v) is 6.10. The SMILES string of the molecule is CCN(CC1CCC1)C(c1cccc(C)c1)C(C)N. The fourth-order valence-electron chi connectivity index (χ4n) is 3.15. The van der Waals surface area contributed by atoms with Crippen LogP contribution in [0.4, 0.5) is 0 Å². The van der Waals surface area contributed by atoms with Gasteiger partial charge in [0.15, 0.2) is 0 Å². The third kappa shape index (κ3) is 3.58. The van der Waals surface area contributed by atoms with Gasteiger partial charge in [-0.2, -0.15) is 0 Å². The van der Waals surface area contributed by atoms with Crippen LogP contribution in [0.5, 0.6) is 0 Å². The molecule has 0 bridgehead atoms. The van der Waals surface area contributed by atoms with Crippen molar-refractivity contribution in [3.63, 3.8) is 0 Å². The lowest BCUT2D eigenvalue weighted by Crippen LogP contribution is -2.42. The molecule has 2 rings (SSSR count).